The highest BCUT2D eigenvalue weighted by atomic mass is 16.4. The summed E-state index contributed by atoms with van der Waals surface area (Å²) in [5, 5.41) is 11.8. The number of hydrogen-bond donors (Lipinski definition) is 2. The first-order valence-electron chi connectivity index (χ1n) is 7.62. The lowest BCUT2D eigenvalue weighted by atomic mass is 9.66. The third kappa shape index (κ3) is 4.88. The number of carbonyl (C=O) groups excluding carboxylic acids is 1. The van der Waals surface area contributed by atoms with Crippen LogP contribution < -0.4 is 5.32 Å². The monoisotopic (exact) mass is 289 g/mol. The summed E-state index contributed by atoms with van der Waals surface area (Å²) in [6, 6.07) is 10.1. The van der Waals surface area contributed by atoms with Crippen LogP contribution in [0, 0.1) is 5.41 Å². The number of rotatable bonds is 8. The quantitative estimate of drug-likeness (QED) is 0.773. The van der Waals surface area contributed by atoms with E-state index in [4.69, 9.17) is 5.11 Å². The first-order valence-corrected chi connectivity index (χ1v) is 7.62. The Bertz CT molecular complexity index is 480. The molecule has 1 amide bonds. The van der Waals surface area contributed by atoms with Gasteiger partial charge in [-0.05, 0) is 36.7 Å². The van der Waals surface area contributed by atoms with Crippen LogP contribution in [-0.2, 0) is 16.0 Å². The first-order chi connectivity index (χ1) is 10.1. The summed E-state index contributed by atoms with van der Waals surface area (Å²) in [5.74, 6) is -0.740. The van der Waals surface area contributed by atoms with Gasteiger partial charge < -0.3 is 10.4 Å². The van der Waals surface area contributed by atoms with Gasteiger partial charge in [0.25, 0.3) is 0 Å². The summed E-state index contributed by atoms with van der Waals surface area (Å²) in [6.07, 6.45) is 5.26. The predicted octanol–water partition coefficient (Wildman–Crippen LogP) is 2.77. The molecular weight excluding hydrogens is 266 g/mol. The van der Waals surface area contributed by atoms with Gasteiger partial charge in [0.2, 0.25) is 5.91 Å². The van der Waals surface area contributed by atoms with Crippen LogP contribution in [0.15, 0.2) is 30.3 Å². The van der Waals surface area contributed by atoms with E-state index < -0.39 is 5.97 Å². The number of carboxylic acid groups (broad SMARTS) is 1. The number of aryl methyl sites for hydroxylation is 1. The molecule has 1 aliphatic carbocycles. The van der Waals surface area contributed by atoms with Gasteiger partial charge in [0, 0.05) is 13.0 Å². The predicted molar refractivity (Wildman–Crippen MR) is 80.9 cm³/mol. The Kier molecular flexibility index (Phi) is 5.37. The zero-order valence-electron chi connectivity index (χ0n) is 12.3. The Hall–Kier alpha value is -1.84. The number of aliphatic carboxylic acids is 1. The molecule has 1 aliphatic rings. The second-order valence-corrected chi connectivity index (χ2v) is 6.04. The van der Waals surface area contributed by atoms with E-state index >= 15 is 0 Å². The lowest BCUT2D eigenvalue weighted by Gasteiger charge is -2.40. The Morgan fingerprint density at radius 3 is 2.48 bits per heavy atom. The molecule has 1 saturated carbocycles. The minimum Gasteiger partial charge on any atom is -0.481 e. The molecule has 1 aromatic rings. The summed E-state index contributed by atoms with van der Waals surface area (Å²) in [5.41, 5.74) is 1.05. The van der Waals surface area contributed by atoms with Crippen molar-refractivity contribution >= 4 is 11.9 Å². The van der Waals surface area contributed by atoms with Gasteiger partial charge in [-0.2, -0.15) is 0 Å². The molecule has 1 fully saturated rings. The highest BCUT2D eigenvalue weighted by Crippen LogP contribution is 2.43. The summed E-state index contributed by atoms with van der Waals surface area (Å²) in [7, 11) is 0. The molecule has 0 aliphatic heterocycles. The summed E-state index contributed by atoms with van der Waals surface area (Å²) < 4.78 is 0. The molecule has 2 N–H and O–H groups in total. The molecule has 0 aromatic heterocycles. The fourth-order valence-corrected chi connectivity index (χ4v) is 2.89. The highest BCUT2D eigenvalue weighted by Gasteiger charge is 2.39. The number of nitrogens with one attached hydrogen (secondary N) is 1. The third-order valence-electron chi connectivity index (χ3n) is 4.31. The van der Waals surface area contributed by atoms with Gasteiger partial charge in [0.15, 0.2) is 0 Å². The van der Waals surface area contributed by atoms with Crippen LogP contribution in [0.4, 0.5) is 0 Å². The molecule has 0 saturated heterocycles. The van der Waals surface area contributed by atoms with E-state index in [9.17, 15) is 9.59 Å². The molecule has 0 spiro atoms. The molecule has 0 heterocycles. The fourth-order valence-electron chi connectivity index (χ4n) is 2.89. The molecule has 0 unspecified atom stereocenters. The van der Waals surface area contributed by atoms with Crippen molar-refractivity contribution in [1.29, 1.82) is 0 Å². The van der Waals surface area contributed by atoms with Crippen LogP contribution >= 0.6 is 0 Å². The fraction of sp³-hybridized carbons (Fsp3) is 0.529. The zero-order valence-corrected chi connectivity index (χ0v) is 12.3. The molecule has 0 radical (unpaired) electrons. The first kappa shape index (κ1) is 15.5. The van der Waals surface area contributed by atoms with Crippen molar-refractivity contribution in [1.82, 2.24) is 5.32 Å². The van der Waals surface area contributed by atoms with Crippen LogP contribution in [-0.4, -0.2) is 23.5 Å². The molecule has 4 heteroatoms. The molecule has 1 aromatic carbocycles. The largest absolute Gasteiger partial charge is 0.481 e. The van der Waals surface area contributed by atoms with Crippen LogP contribution in [0.25, 0.3) is 0 Å². The Labute approximate surface area is 125 Å². The van der Waals surface area contributed by atoms with Crippen LogP contribution in [0.1, 0.15) is 44.1 Å². The molecule has 114 valence electrons. The maximum absolute atomic E-state index is 11.8. The molecule has 0 atom stereocenters. The molecular formula is C17H23NO3. The maximum atomic E-state index is 11.8. The van der Waals surface area contributed by atoms with Crippen LogP contribution in [0.3, 0.4) is 0 Å². The van der Waals surface area contributed by atoms with Crippen molar-refractivity contribution in [2.45, 2.75) is 44.9 Å². The Balaban J connectivity index is 1.66. The van der Waals surface area contributed by atoms with Crippen LogP contribution in [0.2, 0.25) is 0 Å². The average molecular weight is 289 g/mol. The van der Waals surface area contributed by atoms with Crippen molar-refractivity contribution in [2.24, 2.45) is 5.41 Å². The molecule has 21 heavy (non-hydrogen) atoms. The number of hydrogen-bond acceptors (Lipinski definition) is 2. The van der Waals surface area contributed by atoms with E-state index in [1.165, 1.54) is 5.56 Å². The van der Waals surface area contributed by atoms with E-state index in [1.807, 2.05) is 18.2 Å². The third-order valence-corrected chi connectivity index (χ3v) is 4.31. The van der Waals surface area contributed by atoms with Crippen molar-refractivity contribution < 1.29 is 14.7 Å². The Morgan fingerprint density at radius 2 is 1.90 bits per heavy atom. The minimum atomic E-state index is -0.770. The van der Waals surface area contributed by atoms with E-state index in [-0.39, 0.29) is 17.7 Å². The molecule has 0 bridgehead atoms. The van der Waals surface area contributed by atoms with Crippen molar-refractivity contribution in [3.05, 3.63) is 35.9 Å². The maximum Gasteiger partial charge on any atom is 0.303 e. The summed E-state index contributed by atoms with van der Waals surface area (Å²) in [6.45, 7) is 0.503. The highest BCUT2D eigenvalue weighted by molar-refractivity contribution is 5.76. The van der Waals surface area contributed by atoms with E-state index in [2.05, 4.69) is 17.4 Å². The SMILES string of the molecule is O=C(O)CC1(CNC(=O)CCCc2ccccc2)CCC1. The number of benzene rings is 1. The number of carboxylic acids is 1. The molecule has 4 nitrogen and oxygen atoms in total. The second-order valence-electron chi connectivity index (χ2n) is 6.04. The number of carbonyl (C=O) groups is 2. The van der Waals surface area contributed by atoms with Gasteiger partial charge in [0.1, 0.15) is 0 Å². The average Bonchev–Trinajstić information content (AvgIpc) is 2.42. The van der Waals surface area contributed by atoms with E-state index in [0.29, 0.717) is 13.0 Å². The summed E-state index contributed by atoms with van der Waals surface area (Å²) >= 11 is 0. The van der Waals surface area contributed by atoms with Gasteiger partial charge in [-0.3, -0.25) is 9.59 Å². The standard InChI is InChI=1S/C17H23NO3/c19-15(9-4-8-14-6-2-1-3-7-14)18-13-17(10-5-11-17)12-16(20)21/h1-3,6-7H,4-5,8-13H2,(H,18,19)(H,20,21). The number of amides is 1. The van der Waals surface area contributed by atoms with E-state index in [1.54, 1.807) is 0 Å². The van der Waals surface area contributed by atoms with Gasteiger partial charge in [-0.1, -0.05) is 36.8 Å². The lowest BCUT2D eigenvalue weighted by Crippen LogP contribution is -2.43. The van der Waals surface area contributed by atoms with Crippen molar-refractivity contribution in [3.63, 3.8) is 0 Å². The topological polar surface area (TPSA) is 66.4 Å². The van der Waals surface area contributed by atoms with Gasteiger partial charge >= 0.3 is 5.97 Å². The minimum absolute atomic E-state index is 0.0302. The van der Waals surface area contributed by atoms with Gasteiger partial charge in [0.05, 0.1) is 6.42 Å². The van der Waals surface area contributed by atoms with E-state index in [0.717, 1.165) is 32.1 Å². The smallest absolute Gasteiger partial charge is 0.303 e. The van der Waals surface area contributed by atoms with Crippen molar-refractivity contribution in [2.75, 3.05) is 6.54 Å². The summed E-state index contributed by atoms with van der Waals surface area (Å²) in [4.78, 5) is 22.7. The van der Waals surface area contributed by atoms with Crippen LogP contribution in [0.5, 0.6) is 0 Å². The zero-order chi connectivity index (χ0) is 15.1. The van der Waals surface area contributed by atoms with Gasteiger partial charge in [-0.15, -0.1) is 0 Å². The van der Waals surface area contributed by atoms with Gasteiger partial charge in [-0.25, -0.2) is 0 Å². The van der Waals surface area contributed by atoms with Crippen molar-refractivity contribution in [3.8, 4) is 0 Å². The second kappa shape index (κ2) is 7.25. The molecule has 2 rings (SSSR count). The Morgan fingerprint density at radius 1 is 1.19 bits per heavy atom. The normalized spacial score (nSPS) is 16.0. The lowest BCUT2D eigenvalue weighted by molar-refractivity contribution is -0.141.